The van der Waals surface area contributed by atoms with Crippen LogP contribution in [0.15, 0.2) is 24.3 Å². The van der Waals surface area contributed by atoms with E-state index in [2.05, 4.69) is 0 Å². The van der Waals surface area contributed by atoms with Crippen molar-refractivity contribution in [2.24, 2.45) is 0 Å². The third kappa shape index (κ3) is 3.87. The Balaban J connectivity index is 2.66. The van der Waals surface area contributed by atoms with Gasteiger partial charge in [-0.1, -0.05) is 18.2 Å². The van der Waals surface area contributed by atoms with Crippen LogP contribution in [0, 0.1) is 0 Å². The molecule has 0 spiro atoms. The van der Waals surface area contributed by atoms with Gasteiger partial charge in [-0.25, -0.2) is 4.79 Å². The van der Waals surface area contributed by atoms with E-state index >= 15 is 0 Å². The zero-order valence-corrected chi connectivity index (χ0v) is 10.4. The first-order valence-electron chi connectivity index (χ1n) is 5.02. The molecule has 0 aliphatic heterocycles. The fraction of sp³-hybridized carbons (Fsp3) is 0.417. The molecule has 3 nitrogen and oxygen atoms in total. The quantitative estimate of drug-likeness (QED) is 0.565. The van der Waals surface area contributed by atoms with Crippen LogP contribution < -0.4 is 0 Å². The molecule has 16 heavy (non-hydrogen) atoms. The van der Waals surface area contributed by atoms with Crippen LogP contribution in [-0.2, 0) is 16.1 Å². The third-order valence-electron chi connectivity index (χ3n) is 2.06. The number of ether oxygens (including phenoxy) is 2. The largest absolute Gasteiger partial charge is 0.461 e. The van der Waals surface area contributed by atoms with Gasteiger partial charge in [0.1, 0.15) is 6.61 Å². The second-order valence-electron chi connectivity index (χ2n) is 3.22. The molecule has 1 aromatic rings. The zero-order chi connectivity index (χ0) is 11.8. The molecule has 0 atom stereocenters. The Labute approximate surface area is 100 Å². The second-order valence-corrected chi connectivity index (χ2v) is 4.20. The molecule has 88 valence electrons. The SMILES string of the molecule is COCc1ccccc1C(=O)OCCSC. The number of hydrogen-bond donors (Lipinski definition) is 0. The molecule has 0 saturated heterocycles. The molecule has 0 radical (unpaired) electrons. The van der Waals surface area contributed by atoms with Crippen molar-refractivity contribution in [1.82, 2.24) is 0 Å². The Morgan fingerprint density at radius 3 is 2.81 bits per heavy atom. The lowest BCUT2D eigenvalue weighted by Gasteiger charge is -2.08. The summed E-state index contributed by atoms with van der Waals surface area (Å²) in [6.07, 6.45) is 1.98. The van der Waals surface area contributed by atoms with Crippen molar-refractivity contribution >= 4 is 17.7 Å². The van der Waals surface area contributed by atoms with Gasteiger partial charge in [-0.3, -0.25) is 0 Å². The molecule has 0 aliphatic rings. The number of hydrogen-bond acceptors (Lipinski definition) is 4. The number of benzene rings is 1. The van der Waals surface area contributed by atoms with Crippen LogP contribution in [0.2, 0.25) is 0 Å². The highest BCUT2D eigenvalue weighted by Crippen LogP contribution is 2.11. The normalized spacial score (nSPS) is 10.1. The van der Waals surface area contributed by atoms with Gasteiger partial charge in [0, 0.05) is 12.9 Å². The predicted octanol–water partition coefficient (Wildman–Crippen LogP) is 2.35. The molecular formula is C12H16O3S. The summed E-state index contributed by atoms with van der Waals surface area (Å²) >= 11 is 1.65. The lowest BCUT2D eigenvalue weighted by atomic mass is 10.1. The maximum Gasteiger partial charge on any atom is 0.338 e. The maximum absolute atomic E-state index is 11.7. The number of methoxy groups -OCH3 is 1. The van der Waals surface area contributed by atoms with Gasteiger partial charge in [0.25, 0.3) is 0 Å². The molecule has 0 heterocycles. The summed E-state index contributed by atoms with van der Waals surface area (Å²) in [7, 11) is 1.61. The summed E-state index contributed by atoms with van der Waals surface area (Å²) < 4.78 is 10.2. The van der Waals surface area contributed by atoms with Crippen molar-refractivity contribution in [3.05, 3.63) is 35.4 Å². The maximum atomic E-state index is 11.7. The molecule has 0 fully saturated rings. The van der Waals surface area contributed by atoms with Crippen molar-refractivity contribution in [3.63, 3.8) is 0 Å². The molecule has 0 amide bonds. The smallest absolute Gasteiger partial charge is 0.338 e. The van der Waals surface area contributed by atoms with E-state index in [0.717, 1.165) is 11.3 Å². The summed E-state index contributed by atoms with van der Waals surface area (Å²) in [4.78, 5) is 11.7. The van der Waals surface area contributed by atoms with E-state index in [1.807, 2.05) is 24.5 Å². The molecular weight excluding hydrogens is 224 g/mol. The Morgan fingerprint density at radius 2 is 2.12 bits per heavy atom. The third-order valence-corrected chi connectivity index (χ3v) is 2.63. The number of carbonyl (C=O) groups excluding carboxylic acids is 1. The van der Waals surface area contributed by atoms with Gasteiger partial charge in [-0.15, -0.1) is 0 Å². The van der Waals surface area contributed by atoms with Gasteiger partial charge in [-0.2, -0.15) is 11.8 Å². The highest BCUT2D eigenvalue weighted by Gasteiger charge is 2.11. The van der Waals surface area contributed by atoms with Crippen molar-refractivity contribution in [1.29, 1.82) is 0 Å². The van der Waals surface area contributed by atoms with Crippen LogP contribution in [0.4, 0.5) is 0 Å². The molecule has 0 bridgehead atoms. The fourth-order valence-corrected chi connectivity index (χ4v) is 1.55. The van der Waals surface area contributed by atoms with Gasteiger partial charge in [0.2, 0.25) is 0 Å². The van der Waals surface area contributed by atoms with Gasteiger partial charge < -0.3 is 9.47 Å². The van der Waals surface area contributed by atoms with E-state index in [1.165, 1.54) is 0 Å². The zero-order valence-electron chi connectivity index (χ0n) is 9.56. The Kier molecular flexibility index (Phi) is 5.96. The van der Waals surface area contributed by atoms with E-state index in [0.29, 0.717) is 18.8 Å². The first-order chi connectivity index (χ1) is 7.79. The first kappa shape index (κ1) is 13.1. The van der Waals surface area contributed by atoms with Gasteiger partial charge >= 0.3 is 5.97 Å². The van der Waals surface area contributed by atoms with Crippen molar-refractivity contribution in [2.45, 2.75) is 6.61 Å². The minimum Gasteiger partial charge on any atom is -0.461 e. The fourth-order valence-electron chi connectivity index (χ4n) is 1.30. The van der Waals surface area contributed by atoms with Crippen molar-refractivity contribution in [3.8, 4) is 0 Å². The molecule has 0 aromatic heterocycles. The standard InChI is InChI=1S/C12H16O3S/c1-14-9-10-5-3-4-6-11(10)12(13)15-7-8-16-2/h3-6H,7-9H2,1-2H3. The van der Waals surface area contributed by atoms with E-state index in [1.54, 1.807) is 24.9 Å². The van der Waals surface area contributed by atoms with Crippen LogP contribution in [0.1, 0.15) is 15.9 Å². The summed E-state index contributed by atoms with van der Waals surface area (Å²) in [6, 6.07) is 7.34. The van der Waals surface area contributed by atoms with Crippen LogP contribution in [0.25, 0.3) is 0 Å². The lowest BCUT2D eigenvalue weighted by Crippen LogP contribution is -2.10. The molecule has 0 saturated carbocycles. The van der Waals surface area contributed by atoms with Crippen LogP contribution >= 0.6 is 11.8 Å². The van der Waals surface area contributed by atoms with Crippen molar-refractivity contribution in [2.75, 3.05) is 25.7 Å². The summed E-state index contributed by atoms with van der Waals surface area (Å²) in [5.74, 6) is 0.541. The summed E-state index contributed by atoms with van der Waals surface area (Å²) in [5, 5.41) is 0. The average molecular weight is 240 g/mol. The minimum absolute atomic E-state index is 0.276. The van der Waals surface area contributed by atoms with E-state index in [4.69, 9.17) is 9.47 Å². The summed E-state index contributed by atoms with van der Waals surface area (Å²) in [6.45, 7) is 0.870. The molecule has 0 unspecified atom stereocenters. The lowest BCUT2D eigenvalue weighted by molar-refractivity contribution is 0.0525. The number of esters is 1. The van der Waals surface area contributed by atoms with Crippen LogP contribution in [0.3, 0.4) is 0 Å². The molecule has 0 N–H and O–H groups in total. The number of carbonyl (C=O) groups is 1. The van der Waals surface area contributed by atoms with Crippen molar-refractivity contribution < 1.29 is 14.3 Å². The van der Waals surface area contributed by atoms with Crippen LogP contribution in [0.5, 0.6) is 0 Å². The topological polar surface area (TPSA) is 35.5 Å². The number of thioether (sulfide) groups is 1. The monoisotopic (exact) mass is 240 g/mol. The van der Waals surface area contributed by atoms with Crippen LogP contribution in [-0.4, -0.2) is 31.7 Å². The predicted molar refractivity (Wildman–Crippen MR) is 65.8 cm³/mol. The first-order valence-corrected chi connectivity index (χ1v) is 6.42. The Hall–Kier alpha value is -1.00. The Morgan fingerprint density at radius 1 is 1.38 bits per heavy atom. The molecule has 1 aromatic carbocycles. The second kappa shape index (κ2) is 7.30. The number of rotatable bonds is 6. The molecule has 4 heteroatoms. The van der Waals surface area contributed by atoms with E-state index in [-0.39, 0.29) is 5.97 Å². The highest BCUT2D eigenvalue weighted by atomic mass is 32.2. The molecule has 0 aliphatic carbocycles. The van der Waals surface area contributed by atoms with Gasteiger partial charge in [-0.05, 0) is 17.9 Å². The highest BCUT2D eigenvalue weighted by molar-refractivity contribution is 7.98. The summed E-state index contributed by atoms with van der Waals surface area (Å²) in [5.41, 5.74) is 1.45. The van der Waals surface area contributed by atoms with E-state index in [9.17, 15) is 4.79 Å². The van der Waals surface area contributed by atoms with Gasteiger partial charge in [0.15, 0.2) is 0 Å². The van der Waals surface area contributed by atoms with Gasteiger partial charge in [0.05, 0.1) is 12.2 Å². The Bertz CT molecular complexity index is 339. The van der Waals surface area contributed by atoms with E-state index < -0.39 is 0 Å². The minimum atomic E-state index is -0.276. The molecule has 1 rings (SSSR count). The average Bonchev–Trinajstić information content (AvgIpc) is 2.30.